The molecule has 0 aliphatic carbocycles. The monoisotopic (exact) mass is 383 g/mol. The summed E-state index contributed by atoms with van der Waals surface area (Å²) >= 11 is 1.44. The van der Waals surface area contributed by atoms with Gasteiger partial charge in [0.05, 0.1) is 6.26 Å². The number of hydrogen-bond acceptors (Lipinski definition) is 7. The molecular weight excluding hydrogens is 366 g/mol. The van der Waals surface area contributed by atoms with Crippen LogP contribution in [0.2, 0.25) is 0 Å². The van der Waals surface area contributed by atoms with E-state index in [2.05, 4.69) is 16.0 Å². The van der Waals surface area contributed by atoms with Crippen LogP contribution in [-0.2, 0) is 11.8 Å². The number of rotatable bonds is 3. The van der Waals surface area contributed by atoms with Crippen LogP contribution in [-0.4, -0.2) is 28.5 Å². The Morgan fingerprint density at radius 2 is 2.26 bits per heavy atom. The van der Waals surface area contributed by atoms with E-state index in [1.165, 1.54) is 17.6 Å². The van der Waals surface area contributed by atoms with Crippen molar-refractivity contribution >= 4 is 23.1 Å². The molecule has 0 spiro atoms. The van der Waals surface area contributed by atoms with Gasteiger partial charge in [-0.15, -0.1) is 11.3 Å². The summed E-state index contributed by atoms with van der Waals surface area (Å²) in [5.41, 5.74) is 0.224. The summed E-state index contributed by atoms with van der Waals surface area (Å²) in [5.74, 6) is 0.968. The molecule has 1 aliphatic heterocycles. The maximum absolute atomic E-state index is 12.5. The van der Waals surface area contributed by atoms with Gasteiger partial charge in [-0.05, 0) is 25.0 Å². The van der Waals surface area contributed by atoms with Crippen LogP contribution in [0.5, 0.6) is 0 Å². The van der Waals surface area contributed by atoms with Crippen molar-refractivity contribution in [1.29, 1.82) is 5.26 Å². The lowest BCUT2D eigenvalue weighted by molar-refractivity contribution is -0.122. The number of anilines is 1. The SMILES string of the molecule is Cn1ccsc1=NC(=O)C1CCN(c2oc(-c3ccco3)nc2C#N)CC1. The van der Waals surface area contributed by atoms with Crippen molar-refractivity contribution < 1.29 is 13.6 Å². The zero-order valence-corrected chi connectivity index (χ0v) is 15.5. The number of hydrogen-bond donors (Lipinski definition) is 0. The number of carbonyl (C=O) groups is 1. The molecule has 1 aliphatic rings. The molecule has 0 aromatic carbocycles. The lowest BCUT2D eigenvalue weighted by atomic mass is 9.96. The van der Waals surface area contributed by atoms with Crippen LogP contribution in [0.15, 0.2) is 43.8 Å². The lowest BCUT2D eigenvalue weighted by Gasteiger charge is -2.29. The highest BCUT2D eigenvalue weighted by atomic mass is 32.1. The van der Waals surface area contributed by atoms with Gasteiger partial charge in [0.25, 0.3) is 11.8 Å². The third kappa shape index (κ3) is 3.44. The summed E-state index contributed by atoms with van der Waals surface area (Å²) in [5, 5.41) is 11.3. The molecule has 4 rings (SSSR count). The summed E-state index contributed by atoms with van der Waals surface area (Å²) in [6.45, 7) is 1.20. The number of amides is 1. The van der Waals surface area contributed by atoms with E-state index in [1.807, 2.05) is 28.1 Å². The summed E-state index contributed by atoms with van der Waals surface area (Å²) in [7, 11) is 1.87. The average molecular weight is 383 g/mol. The molecule has 3 aromatic heterocycles. The van der Waals surface area contributed by atoms with Gasteiger partial charge in [-0.25, -0.2) is 0 Å². The molecular formula is C18H17N5O3S. The molecule has 0 saturated carbocycles. The minimum atomic E-state index is -0.124. The van der Waals surface area contributed by atoms with E-state index in [-0.39, 0.29) is 23.4 Å². The van der Waals surface area contributed by atoms with Gasteiger partial charge in [-0.2, -0.15) is 15.2 Å². The van der Waals surface area contributed by atoms with Crippen LogP contribution in [0, 0.1) is 17.2 Å². The van der Waals surface area contributed by atoms with Gasteiger partial charge >= 0.3 is 0 Å². The number of aryl methyl sites for hydroxylation is 1. The second-order valence-corrected chi connectivity index (χ2v) is 7.14. The minimum absolute atomic E-state index is 0.0953. The Bertz CT molecular complexity index is 1050. The van der Waals surface area contributed by atoms with Crippen molar-refractivity contribution in [3.8, 4) is 17.7 Å². The van der Waals surface area contributed by atoms with E-state index in [0.717, 1.165) is 0 Å². The molecule has 0 radical (unpaired) electrons. The molecule has 0 bridgehead atoms. The first-order chi connectivity index (χ1) is 13.2. The van der Waals surface area contributed by atoms with Gasteiger partial charge < -0.3 is 18.3 Å². The van der Waals surface area contributed by atoms with Gasteiger partial charge in [0.1, 0.15) is 6.07 Å². The third-order valence-electron chi connectivity index (χ3n) is 4.54. The maximum atomic E-state index is 12.5. The number of carbonyl (C=O) groups excluding carboxylic acids is 1. The standard InChI is InChI=1S/C18H17N5O3S/c1-22-8-10-27-18(22)21-15(24)12-4-6-23(7-5-12)17-13(11-19)20-16(26-17)14-3-2-9-25-14/h2-3,8-10,12H,4-7H2,1H3. The first-order valence-electron chi connectivity index (χ1n) is 8.54. The summed E-state index contributed by atoms with van der Waals surface area (Å²) in [4.78, 5) is 23.5. The Hall–Kier alpha value is -3.12. The lowest BCUT2D eigenvalue weighted by Crippen LogP contribution is -2.36. The highest BCUT2D eigenvalue weighted by Gasteiger charge is 2.29. The fourth-order valence-electron chi connectivity index (χ4n) is 3.05. The third-order valence-corrected chi connectivity index (χ3v) is 5.39. The predicted molar refractivity (Wildman–Crippen MR) is 97.7 cm³/mol. The molecule has 138 valence electrons. The quantitative estimate of drug-likeness (QED) is 0.689. The van der Waals surface area contributed by atoms with Gasteiger partial charge in [0.2, 0.25) is 11.6 Å². The normalized spacial score (nSPS) is 15.9. The van der Waals surface area contributed by atoms with E-state index >= 15 is 0 Å². The van der Waals surface area contributed by atoms with Crippen LogP contribution in [0.1, 0.15) is 18.5 Å². The molecule has 0 N–H and O–H groups in total. The van der Waals surface area contributed by atoms with Crippen molar-refractivity contribution in [3.63, 3.8) is 0 Å². The summed E-state index contributed by atoms with van der Waals surface area (Å²) in [6, 6.07) is 5.54. The average Bonchev–Trinajstić information content (AvgIpc) is 3.43. The Balaban J connectivity index is 1.48. The Morgan fingerprint density at radius 1 is 1.44 bits per heavy atom. The molecule has 27 heavy (non-hydrogen) atoms. The summed E-state index contributed by atoms with van der Waals surface area (Å²) in [6.07, 6.45) is 4.71. The Morgan fingerprint density at radius 3 is 2.89 bits per heavy atom. The van der Waals surface area contributed by atoms with Gasteiger partial charge in [0, 0.05) is 37.6 Å². The number of nitrogens with zero attached hydrogens (tertiary/aromatic N) is 5. The van der Waals surface area contributed by atoms with E-state index in [9.17, 15) is 10.1 Å². The minimum Gasteiger partial charge on any atom is -0.459 e. The van der Waals surface area contributed by atoms with Crippen molar-refractivity contribution in [2.24, 2.45) is 18.0 Å². The van der Waals surface area contributed by atoms with Gasteiger partial charge in [0.15, 0.2) is 10.6 Å². The van der Waals surface area contributed by atoms with Crippen LogP contribution in [0.3, 0.4) is 0 Å². The van der Waals surface area contributed by atoms with E-state index in [1.54, 1.807) is 12.1 Å². The number of oxazole rings is 1. The van der Waals surface area contributed by atoms with Crippen molar-refractivity contribution in [2.45, 2.75) is 12.8 Å². The van der Waals surface area contributed by atoms with Crippen molar-refractivity contribution in [2.75, 3.05) is 18.0 Å². The van der Waals surface area contributed by atoms with Gasteiger partial charge in [-0.1, -0.05) is 0 Å². The fraction of sp³-hybridized carbons (Fsp3) is 0.333. The molecule has 9 heteroatoms. The number of aromatic nitrogens is 2. The Labute approximate surface area is 159 Å². The van der Waals surface area contributed by atoms with Crippen LogP contribution < -0.4 is 9.70 Å². The molecule has 0 unspecified atom stereocenters. The van der Waals surface area contributed by atoms with Crippen LogP contribution in [0.4, 0.5) is 5.88 Å². The largest absolute Gasteiger partial charge is 0.459 e. The molecule has 4 heterocycles. The molecule has 8 nitrogen and oxygen atoms in total. The highest BCUT2D eigenvalue weighted by molar-refractivity contribution is 7.07. The van der Waals surface area contributed by atoms with Crippen LogP contribution in [0.25, 0.3) is 11.7 Å². The van der Waals surface area contributed by atoms with E-state index in [4.69, 9.17) is 8.83 Å². The molecule has 0 atom stereocenters. The first kappa shape index (κ1) is 17.3. The topological polar surface area (TPSA) is 101 Å². The highest BCUT2D eigenvalue weighted by Crippen LogP contribution is 2.31. The number of piperidine rings is 1. The second-order valence-electron chi connectivity index (χ2n) is 6.27. The smallest absolute Gasteiger partial charge is 0.266 e. The maximum Gasteiger partial charge on any atom is 0.266 e. The first-order valence-corrected chi connectivity index (χ1v) is 9.42. The zero-order chi connectivity index (χ0) is 18.8. The number of nitriles is 1. The molecule has 1 amide bonds. The van der Waals surface area contributed by atoms with Crippen LogP contribution >= 0.6 is 11.3 Å². The second kappa shape index (κ2) is 7.25. The number of furan rings is 1. The van der Waals surface area contributed by atoms with Crippen molar-refractivity contribution in [1.82, 2.24) is 9.55 Å². The summed E-state index contributed by atoms with van der Waals surface area (Å²) < 4.78 is 12.9. The van der Waals surface area contributed by atoms with Gasteiger partial charge in [-0.3, -0.25) is 4.79 Å². The molecule has 1 fully saturated rings. The van der Waals surface area contributed by atoms with E-state index < -0.39 is 0 Å². The zero-order valence-electron chi connectivity index (χ0n) is 14.7. The Kier molecular flexibility index (Phi) is 4.64. The predicted octanol–water partition coefficient (Wildman–Crippen LogP) is 2.55. The van der Waals surface area contributed by atoms with E-state index in [0.29, 0.717) is 42.4 Å². The van der Waals surface area contributed by atoms with Crippen molar-refractivity contribution in [3.05, 3.63) is 40.5 Å². The molecule has 3 aromatic rings. The molecule has 1 saturated heterocycles. The fourth-order valence-corrected chi connectivity index (χ4v) is 3.79. The number of thiazole rings is 1.